The molecule has 1 saturated heterocycles. The monoisotopic (exact) mass is 368 g/mol. The van der Waals surface area contributed by atoms with Crippen LogP contribution in [0.2, 0.25) is 0 Å². The molecule has 2 unspecified atom stereocenters. The number of rotatable bonds is 2. The Kier molecular flexibility index (Phi) is 3.63. The molecular formula is C17H18Cl2N2OS. The van der Waals surface area contributed by atoms with Gasteiger partial charge in [-0.05, 0) is 38.3 Å². The lowest BCUT2D eigenvalue weighted by Gasteiger charge is -2.34. The molecule has 0 spiro atoms. The molecule has 4 rings (SSSR count). The number of alkyl halides is 2. The van der Waals surface area contributed by atoms with Crippen LogP contribution in [-0.4, -0.2) is 33.2 Å². The summed E-state index contributed by atoms with van der Waals surface area (Å²) < 4.78 is 0.313. The van der Waals surface area contributed by atoms with Gasteiger partial charge in [-0.3, -0.25) is 4.79 Å². The number of piperidine rings is 1. The predicted octanol–water partition coefficient (Wildman–Crippen LogP) is 4.59. The largest absolute Gasteiger partial charge is 0.341 e. The number of thiazole rings is 1. The number of halogens is 2. The van der Waals surface area contributed by atoms with E-state index in [0.717, 1.165) is 36.5 Å². The molecule has 2 heterocycles. The summed E-state index contributed by atoms with van der Waals surface area (Å²) in [6.45, 7) is 3.38. The molecule has 23 heavy (non-hydrogen) atoms. The second kappa shape index (κ2) is 5.33. The Hall–Kier alpha value is -0.840. The maximum absolute atomic E-state index is 12.8. The fourth-order valence-corrected chi connectivity index (χ4v) is 5.20. The van der Waals surface area contributed by atoms with E-state index in [4.69, 9.17) is 28.2 Å². The van der Waals surface area contributed by atoms with Crippen LogP contribution in [0.1, 0.15) is 37.1 Å². The smallest absolute Gasteiger partial charge is 0.231 e. The lowest BCUT2D eigenvalue weighted by molar-refractivity contribution is -0.137. The van der Waals surface area contributed by atoms with Crippen molar-refractivity contribution in [3.05, 3.63) is 29.3 Å². The van der Waals surface area contributed by atoms with E-state index in [1.54, 1.807) is 11.3 Å². The normalized spacial score (nSPS) is 29.7. The van der Waals surface area contributed by atoms with Crippen LogP contribution >= 0.6 is 34.5 Å². The summed E-state index contributed by atoms with van der Waals surface area (Å²) in [7, 11) is 0. The third-order valence-electron chi connectivity index (χ3n) is 5.10. The second-order valence-corrected chi connectivity index (χ2v) is 9.37. The minimum Gasteiger partial charge on any atom is -0.341 e. The average Bonchev–Trinajstić information content (AvgIpc) is 2.89. The Balaban J connectivity index is 1.54. The zero-order valence-electron chi connectivity index (χ0n) is 12.9. The van der Waals surface area contributed by atoms with Crippen molar-refractivity contribution < 1.29 is 4.79 Å². The Morgan fingerprint density at radius 2 is 2.13 bits per heavy atom. The number of aromatic nitrogens is 1. The molecule has 1 saturated carbocycles. The van der Waals surface area contributed by atoms with E-state index in [2.05, 4.69) is 6.07 Å². The van der Waals surface area contributed by atoms with Crippen molar-refractivity contribution >= 4 is 50.7 Å². The van der Waals surface area contributed by atoms with E-state index >= 15 is 0 Å². The standard InChI is InChI=1S/C17H18Cl2N2OS/c1-16(10-17(16,18)19)15(22)21-8-4-5-11(9-21)14-20-12-6-2-3-7-13(12)23-14/h2-3,6-7,11H,4-5,8-10H2,1H3. The molecule has 0 radical (unpaired) electrons. The van der Waals surface area contributed by atoms with E-state index < -0.39 is 9.75 Å². The maximum atomic E-state index is 12.8. The number of likely N-dealkylation sites (tertiary alicyclic amines) is 1. The average molecular weight is 369 g/mol. The Labute approximate surface area is 149 Å². The first kappa shape index (κ1) is 15.7. The van der Waals surface area contributed by atoms with E-state index in [1.165, 1.54) is 4.70 Å². The number of hydrogen-bond donors (Lipinski definition) is 0. The minimum absolute atomic E-state index is 0.0910. The molecule has 3 nitrogen and oxygen atoms in total. The van der Waals surface area contributed by atoms with Gasteiger partial charge in [0.2, 0.25) is 5.91 Å². The fraction of sp³-hybridized carbons (Fsp3) is 0.529. The zero-order chi connectivity index (χ0) is 16.2. The van der Waals surface area contributed by atoms with Crippen LogP contribution in [-0.2, 0) is 4.79 Å². The van der Waals surface area contributed by atoms with Gasteiger partial charge in [-0.25, -0.2) is 4.98 Å². The number of benzene rings is 1. The van der Waals surface area contributed by atoms with Crippen LogP contribution in [0.5, 0.6) is 0 Å². The summed E-state index contributed by atoms with van der Waals surface area (Å²) in [6.07, 6.45) is 2.62. The van der Waals surface area contributed by atoms with Gasteiger partial charge < -0.3 is 4.90 Å². The van der Waals surface area contributed by atoms with Crippen LogP contribution in [0.15, 0.2) is 24.3 Å². The molecule has 2 aromatic rings. The molecule has 0 N–H and O–H groups in total. The van der Waals surface area contributed by atoms with Crippen molar-refractivity contribution in [3.63, 3.8) is 0 Å². The van der Waals surface area contributed by atoms with E-state index in [0.29, 0.717) is 12.3 Å². The number of fused-ring (bicyclic) bond motifs is 1. The Bertz CT molecular complexity index is 742. The molecule has 2 fully saturated rings. The molecule has 1 aliphatic heterocycles. The first-order valence-electron chi connectivity index (χ1n) is 7.93. The van der Waals surface area contributed by atoms with Crippen molar-refractivity contribution in [1.29, 1.82) is 0 Å². The molecule has 0 bridgehead atoms. The van der Waals surface area contributed by atoms with Crippen molar-refractivity contribution in [2.24, 2.45) is 5.41 Å². The number of nitrogens with zero attached hydrogens (tertiary/aromatic N) is 2. The topological polar surface area (TPSA) is 33.2 Å². The molecule has 1 aromatic carbocycles. The minimum atomic E-state index is -0.896. The number of hydrogen-bond acceptors (Lipinski definition) is 3. The highest BCUT2D eigenvalue weighted by Crippen LogP contribution is 2.64. The summed E-state index contributed by atoms with van der Waals surface area (Å²) in [5.41, 5.74) is 0.427. The van der Waals surface area contributed by atoms with Crippen LogP contribution < -0.4 is 0 Å². The summed E-state index contributed by atoms with van der Waals surface area (Å²) in [4.78, 5) is 19.5. The van der Waals surface area contributed by atoms with Gasteiger partial charge in [-0.2, -0.15) is 0 Å². The van der Waals surface area contributed by atoms with Gasteiger partial charge in [-0.15, -0.1) is 34.5 Å². The molecule has 1 amide bonds. The lowest BCUT2D eigenvalue weighted by Crippen LogP contribution is -2.43. The summed E-state index contributed by atoms with van der Waals surface area (Å²) >= 11 is 14.1. The third-order valence-corrected chi connectivity index (χ3v) is 7.40. The van der Waals surface area contributed by atoms with Crippen molar-refractivity contribution in [3.8, 4) is 0 Å². The maximum Gasteiger partial charge on any atom is 0.231 e. The van der Waals surface area contributed by atoms with E-state index in [1.807, 2.05) is 30.0 Å². The molecular weight excluding hydrogens is 351 g/mol. The van der Waals surface area contributed by atoms with Crippen LogP contribution in [0.4, 0.5) is 0 Å². The third kappa shape index (κ3) is 2.55. The van der Waals surface area contributed by atoms with Gasteiger partial charge >= 0.3 is 0 Å². The van der Waals surface area contributed by atoms with Gasteiger partial charge in [-0.1, -0.05) is 12.1 Å². The number of amides is 1. The predicted molar refractivity (Wildman–Crippen MR) is 95.3 cm³/mol. The molecule has 2 aliphatic rings. The van der Waals surface area contributed by atoms with Crippen molar-refractivity contribution in [2.45, 2.75) is 36.4 Å². The molecule has 122 valence electrons. The lowest BCUT2D eigenvalue weighted by atomic mass is 9.96. The number of para-hydroxylation sites is 1. The number of carbonyl (C=O) groups is 1. The first-order chi connectivity index (χ1) is 10.9. The summed E-state index contributed by atoms with van der Waals surface area (Å²) in [6, 6.07) is 8.19. The highest BCUT2D eigenvalue weighted by atomic mass is 35.5. The van der Waals surface area contributed by atoms with Gasteiger partial charge in [0.05, 0.1) is 20.6 Å². The van der Waals surface area contributed by atoms with Gasteiger partial charge in [0.15, 0.2) is 0 Å². The summed E-state index contributed by atoms with van der Waals surface area (Å²) in [5, 5.41) is 1.13. The van der Waals surface area contributed by atoms with Crippen LogP contribution in [0, 0.1) is 5.41 Å². The first-order valence-corrected chi connectivity index (χ1v) is 9.51. The molecule has 2 atom stereocenters. The highest BCUT2D eigenvalue weighted by molar-refractivity contribution is 7.18. The summed E-state index contributed by atoms with van der Waals surface area (Å²) in [5.74, 6) is 0.404. The number of carbonyl (C=O) groups excluding carboxylic acids is 1. The second-order valence-electron chi connectivity index (χ2n) is 6.82. The molecule has 6 heteroatoms. The Morgan fingerprint density at radius 3 is 2.83 bits per heavy atom. The molecule has 1 aliphatic carbocycles. The van der Waals surface area contributed by atoms with Gasteiger partial charge in [0.25, 0.3) is 0 Å². The van der Waals surface area contributed by atoms with Crippen molar-refractivity contribution in [1.82, 2.24) is 9.88 Å². The van der Waals surface area contributed by atoms with Gasteiger partial charge in [0, 0.05) is 19.0 Å². The Morgan fingerprint density at radius 1 is 1.39 bits per heavy atom. The zero-order valence-corrected chi connectivity index (χ0v) is 15.2. The van der Waals surface area contributed by atoms with Crippen LogP contribution in [0.3, 0.4) is 0 Å². The molecule has 1 aromatic heterocycles. The highest BCUT2D eigenvalue weighted by Gasteiger charge is 2.68. The van der Waals surface area contributed by atoms with E-state index in [9.17, 15) is 4.79 Å². The van der Waals surface area contributed by atoms with E-state index in [-0.39, 0.29) is 5.91 Å². The quantitative estimate of drug-likeness (QED) is 0.726. The fourth-order valence-electron chi connectivity index (χ4n) is 3.41. The SMILES string of the molecule is CC1(C(=O)N2CCCC(c3nc4ccccc4s3)C2)CC1(Cl)Cl. The van der Waals surface area contributed by atoms with Crippen molar-refractivity contribution in [2.75, 3.05) is 13.1 Å². The van der Waals surface area contributed by atoms with Gasteiger partial charge in [0.1, 0.15) is 4.33 Å². The van der Waals surface area contributed by atoms with Crippen LogP contribution in [0.25, 0.3) is 10.2 Å².